The summed E-state index contributed by atoms with van der Waals surface area (Å²) in [4.78, 5) is -0.457. The maximum absolute atomic E-state index is 12.5. The van der Waals surface area contributed by atoms with E-state index in [4.69, 9.17) is 34.8 Å². The summed E-state index contributed by atoms with van der Waals surface area (Å²) in [7, 11) is -3.96. The van der Waals surface area contributed by atoms with Crippen molar-refractivity contribution in [2.75, 3.05) is 0 Å². The van der Waals surface area contributed by atoms with Crippen LogP contribution >= 0.6 is 34.8 Å². The standard InChI is InChI=1S/C15H8Cl3NO2S/c16-13-6-7-14(17)15(18)12(13)8-11(9-19)22(20,21)10-4-2-1-3-5-10/h1-8H/b11-8+. The Labute approximate surface area is 143 Å². The van der Waals surface area contributed by atoms with E-state index < -0.39 is 14.7 Å². The van der Waals surface area contributed by atoms with Crippen molar-refractivity contribution >= 4 is 50.7 Å². The van der Waals surface area contributed by atoms with E-state index in [1.807, 2.05) is 0 Å². The van der Waals surface area contributed by atoms with Gasteiger partial charge in [-0.2, -0.15) is 5.26 Å². The van der Waals surface area contributed by atoms with Crippen LogP contribution in [0.15, 0.2) is 52.3 Å². The Hall–Kier alpha value is -1.51. The molecule has 0 amide bonds. The Balaban J connectivity index is 2.64. The van der Waals surface area contributed by atoms with Crippen molar-refractivity contribution < 1.29 is 8.42 Å². The van der Waals surface area contributed by atoms with E-state index in [2.05, 4.69) is 0 Å². The van der Waals surface area contributed by atoms with Crippen LogP contribution < -0.4 is 0 Å². The summed E-state index contributed by atoms with van der Waals surface area (Å²) in [5, 5.41) is 9.72. The van der Waals surface area contributed by atoms with Gasteiger partial charge in [-0.1, -0.05) is 53.0 Å². The number of hydrogen-bond acceptors (Lipinski definition) is 3. The first-order valence-electron chi connectivity index (χ1n) is 5.93. The second-order valence-electron chi connectivity index (χ2n) is 4.19. The number of hydrogen-bond donors (Lipinski definition) is 0. The van der Waals surface area contributed by atoms with Gasteiger partial charge in [0.25, 0.3) is 0 Å². The van der Waals surface area contributed by atoms with Gasteiger partial charge in [0.15, 0.2) is 0 Å². The Kier molecular flexibility index (Phi) is 5.15. The van der Waals surface area contributed by atoms with Gasteiger partial charge in [-0.3, -0.25) is 0 Å². The molecule has 0 aliphatic heterocycles. The third-order valence-corrected chi connectivity index (χ3v) is 5.64. The van der Waals surface area contributed by atoms with Crippen LogP contribution in [0, 0.1) is 11.3 Å². The zero-order chi connectivity index (χ0) is 16.3. The largest absolute Gasteiger partial charge is 0.218 e. The molecule has 0 unspecified atom stereocenters. The minimum absolute atomic E-state index is 0.0112. The van der Waals surface area contributed by atoms with Crippen molar-refractivity contribution in [3.05, 3.63) is 68.0 Å². The number of halogens is 3. The molecule has 3 nitrogen and oxygen atoms in total. The smallest absolute Gasteiger partial charge is 0.216 e. The molecule has 0 atom stereocenters. The average molecular weight is 373 g/mol. The molecule has 2 rings (SSSR count). The Morgan fingerprint density at radius 2 is 1.59 bits per heavy atom. The van der Waals surface area contributed by atoms with Crippen molar-refractivity contribution in [1.29, 1.82) is 5.26 Å². The molecule has 0 bridgehead atoms. The van der Waals surface area contributed by atoms with Gasteiger partial charge >= 0.3 is 0 Å². The number of sulfone groups is 1. The van der Waals surface area contributed by atoms with E-state index in [9.17, 15) is 13.7 Å². The van der Waals surface area contributed by atoms with Gasteiger partial charge in [0.05, 0.1) is 14.9 Å². The second kappa shape index (κ2) is 6.72. The maximum atomic E-state index is 12.5. The highest BCUT2D eigenvalue weighted by atomic mass is 35.5. The first-order valence-corrected chi connectivity index (χ1v) is 8.55. The molecule has 0 saturated heterocycles. The van der Waals surface area contributed by atoms with Crippen LogP contribution in [0.2, 0.25) is 15.1 Å². The normalized spacial score (nSPS) is 12.0. The monoisotopic (exact) mass is 371 g/mol. The van der Waals surface area contributed by atoms with Crippen LogP contribution in [-0.4, -0.2) is 8.42 Å². The van der Waals surface area contributed by atoms with E-state index in [-0.39, 0.29) is 25.5 Å². The molecule has 7 heteroatoms. The molecule has 112 valence electrons. The molecule has 0 N–H and O–H groups in total. The molecule has 0 aliphatic rings. The van der Waals surface area contributed by atoms with Gasteiger partial charge in [-0.25, -0.2) is 8.42 Å². The summed E-state index contributed by atoms with van der Waals surface area (Å²) in [5.41, 5.74) is 0.187. The molecule has 0 spiro atoms. The number of benzene rings is 2. The van der Waals surface area contributed by atoms with Crippen molar-refractivity contribution in [3.63, 3.8) is 0 Å². The van der Waals surface area contributed by atoms with Gasteiger partial charge < -0.3 is 0 Å². The Bertz CT molecular complexity index is 885. The number of rotatable bonds is 3. The third-order valence-electron chi connectivity index (χ3n) is 2.81. The summed E-state index contributed by atoms with van der Waals surface area (Å²) < 4.78 is 24.9. The molecular weight excluding hydrogens is 365 g/mol. The molecule has 0 heterocycles. The lowest BCUT2D eigenvalue weighted by atomic mass is 10.2. The van der Waals surface area contributed by atoms with Crippen LogP contribution in [0.5, 0.6) is 0 Å². The highest BCUT2D eigenvalue weighted by Crippen LogP contribution is 2.34. The van der Waals surface area contributed by atoms with Gasteiger partial charge in [0, 0.05) is 10.6 Å². The first kappa shape index (κ1) is 16.9. The quantitative estimate of drug-likeness (QED) is 0.563. The van der Waals surface area contributed by atoms with E-state index >= 15 is 0 Å². The summed E-state index contributed by atoms with van der Waals surface area (Å²) in [6.07, 6.45) is 1.12. The van der Waals surface area contributed by atoms with E-state index in [0.29, 0.717) is 0 Å². The zero-order valence-corrected chi connectivity index (χ0v) is 14.0. The molecule has 0 radical (unpaired) electrons. The summed E-state index contributed by atoms with van der Waals surface area (Å²) >= 11 is 17.9. The van der Waals surface area contributed by atoms with Gasteiger partial charge in [-0.15, -0.1) is 0 Å². The van der Waals surface area contributed by atoms with Gasteiger partial charge in [0.1, 0.15) is 11.0 Å². The molecule has 2 aromatic rings. The van der Waals surface area contributed by atoms with Crippen LogP contribution in [0.1, 0.15) is 5.56 Å². The van der Waals surface area contributed by atoms with Crippen molar-refractivity contribution in [3.8, 4) is 6.07 Å². The van der Waals surface area contributed by atoms with Crippen molar-refractivity contribution in [1.82, 2.24) is 0 Å². The minimum atomic E-state index is -3.96. The lowest BCUT2D eigenvalue weighted by Gasteiger charge is -2.06. The second-order valence-corrected chi connectivity index (χ2v) is 7.30. The SMILES string of the molecule is N#C/C(=C\c1c(Cl)ccc(Cl)c1Cl)S(=O)(=O)c1ccccc1. The summed E-state index contributed by atoms with van der Waals surface area (Å²) in [6.45, 7) is 0. The Morgan fingerprint density at radius 1 is 1.00 bits per heavy atom. The molecule has 0 aromatic heterocycles. The minimum Gasteiger partial charge on any atom is -0.218 e. The topological polar surface area (TPSA) is 57.9 Å². The van der Waals surface area contributed by atoms with E-state index in [1.54, 1.807) is 24.3 Å². The lowest BCUT2D eigenvalue weighted by Crippen LogP contribution is -2.03. The molecule has 0 saturated carbocycles. The fraction of sp³-hybridized carbons (Fsp3) is 0. The zero-order valence-electron chi connectivity index (χ0n) is 10.9. The van der Waals surface area contributed by atoms with Gasteiger partial charge in [-0.05, 0) is 30.3 Å². The van der Waals surface area contributed by atoms with Crippen molar-refractivity contribution in [2.45, 2.75) is 4.90 Å². The third kappa shape index (κ3) is 3.29. The molecular formula is C15H8Cl3NO2S. The van der Waals surface area contributed by atoms with Crippen LogP contribution in [-0.2, 0) is 9.84 Å². The average Bonchev–Trinajstić information content (AvgIpc) is 2.52. The fourth-order valence-corrected chi connectivity index (χ4v) is 3.51. The van der Waals surface area contributed by atoms with Crippen LogP contribution in [0.25, 0.3) is 6.08 Å². The molecule has 0 aliphatic carbocycles. The summed E-state index contributed by atoms with van der Waals surface area (Å²) in [6, 6.07) is 12.3. The van der Waals surface area contributed by atoms with Crippen LogP contribution in [0.4, 0.5) is 0 Å². The molecule has 2 aromatic carbocycles. The maximum Gasteiger partial charge on any atom is 0.216 e. The number of allylic oxidation sites excluding steroid dienone is 1. The predicted octanol–water partition coefficient (Wildman–Crippen LogP) is 4.99. The van der Waals surface area contributed by atoms with Crippen molar-refractivity contribution in [2.24, 2.45) is 0 Å². The first-order chi connectivity index (χ1) is 10.4. The highest BCUT2D eigenvalue weighted by Gasteiger charge is 2.21. The van der Waals surface area contributed by atoms with Gasteiger partial charge in [0.2, 0.25) is 9.84 Å². The molecule has 0 fully saturated rings. The highest BCUT2D eigenvalue weighted by molar-refractivity contribution is 7.95. The van der Waals surface area contributed by atoms with Crippen LogP contribution in [0.3, 0.4) is 0 Å². The number of nitrogens with zero attached hydrogens (tertiary/aromatic N) is 1. The van der Waals surface area contributed by atoms with E-state index in [0.717, 1.165) is 6.08 Å². The summed E-state index contributed by atoms with van der Waals surface area (Å²) in [5.74, 6) is 0. The fourth-order valence-electron chi connectivity index (χ4n) is 1.70. The number of nitriles is 1. The van der Waals surface area contributed by atoms with E-state index in [1.165, 1.54) is 24.3 Å². The Morgan fingerprint density at radius 3 is 2.18 bits per heavy atom. The molecule has 22 heavy (non-hydrogen) atoms. The lowest BCUT2D eigenvalue weighted by molar-refractivity contribution is 0.603. The predicted molar refractivity (Wildman–Crippen MR) is 88.7 cm³/mol.